The second-order valence-corrected chi connectivity index (χ2v) is 10.5. The van der Waals surface area contributed by atoms with Gasteiger partial charge in [-0.3, -0.25) is 14.0 Å². The number of aliphatic imine (C=N–C) groups is 3. The summed E-state index contributed by atoms with van der Waals surface area (Å²) in [6, 6.07) is 0. The highest BCUT2D eigenvalue weighted by Gasteiger charge is 2.53. The topological polar surface area (TPSA) is 255 Å². The summed E-state index contributed by atoms with van der Waals surface area (Å²) in [6.07, 6.45) is -0.797. The van der Waals surface area contributed by atoms with Crippen molar-refractivity contribution in [2.45, 2.75) is 62.3 Å². The Morgan fingerprint density at radius 2 is 1.88 bits per heavy atom. The van der Waals surface area contributed by atoms with Crippen molar-refractivity contribution >= 4 is 33.5 Å². The normalized spacial score (nSPS) is 31.6. The molecule has 1 saturated heterocycles. The Hall–Kier alpha value is -1.13. The van der Waals surface area contributed by atoms with E-state index < -0.39 is 52.5 Å². The third kappa shape index (κ3) is 6.75. The number of unbranched alkanes of at least 4 members (excludes halogenated alkanes) is 3. The summed E-state index contributed by atoms with van der Waals surface area (Å²) in [4.78, 5) is 50.8. The molecule has 1 unspecified atom stereocenters. The van der Waals surface area contributed by atoms with E-state index in [1.54, 1.807) is 0 Å². The van der Waals surface area contributed by atoms with Gasteiger partial charge in [0, 0.05) is 0 Å². The number of aliphatic hydroxyl groups excluding tert-OH is 1. The van der Waals surface area contributed by atoms with Crippen LogP contribution in [0.4, 0.5) is 0 Å². The summed E-state index contributed by atoms with van der Waals surface area (Å²) in [7, 11) is -9.99. The number of fused-ring (bicyclic) bond motifs is 1. The summed E-state index contributed by atoms with van der Waals surface area (Å²) in [5, 5.41) is 10.5. The van der Waals surface area contributed by atoms with Crippen LogP contribution < -0.4 is 11.5 Å². The maximum absolute atomic E-state index is 11.5. The Kier molecular flexibility index (Phi) is 8.77. The highest BCUT2D eigenvalue weighted by atomic mass is 31.2. The summed E-state index contributed by atoms with van der Waals surface area (Å²) in [5.74, 6) is 0.229. The number of nitrogens with two attached hydrogens (primary N) is 2. The van der Waals surface area contributed by atoms with Crippen molar-refractivity contribution in [3.63, 3.8) is 0 Å². The molecule has 194 valence electrons. The molecule has 3 aliphatic rings. The predicted octanol–water partition coefficient (Wildman–Crippen LogP) is -1.62. The van der Waals surface area contributed by atoms with Crippen LogP contribution in [0.2, 0.25) is 0 Å². The number of phosphoric acid groups is 2. The lowest BCUT2D eigenvalue weighted by Gasteiger charge is -2.33. The molecule has 0 saturated carbocycles. The molecule has 0 aromatic heterocycles. The zero-order valence-corrected chi connectivity index (χ0v) is 19.9. The molecule has 16 nitrogen and oxygen atoms in total. The van der Waals surface area contributed by atoms with Gasteiger partial charge in [0.25, 0.3) is 0 Å². The Morgan fingerprint density at radius 1 is 1.18 bits per heavy atom. The number of nitrogens with zero attached hydrogens (tertiary/aromatic N) is 4. The van der Waals surface area contributed by atoms with Gasteiger partial charge in [0.05, 0.1) is 6.61 Å². The van der Waals surface area contributed by atoms with Gasteiger partial charge in [0.1, 0.15) is 37.0 Å². The Labute approximate surface area is 195 Å². The van der Waals surface area contributed by atoms with Crippen LogP contribution in [0.5, 0.6) is 0 Å². The van der Waals surface area contributed by atoms with E-state index in [1.807, 2.05) is 0 Å². The lowest BCUT2D eigenvalue weighted by atomic mass is 9.95. The minimum atomic E-state index is -5.09. The number of hydrogen-bond donors (Lipinski definition) is 7. The fourth-order valence-corrected chi connectivity index (χ4v) is 4.85. The molecule has 0 aromatic carbocycles. The molecule has 18 heteroatoms. The minimum Gasteiger partial charge on any atom is -0.387 e. The van der Waals surface area contributed by atoms with Gasteiger partial charge in [-0.05, 0) is 25.8 Å². The second kappa shape index (κ2) is 10.9. The van der Waals surface area contributed by atoms with E-state index in [-0.39, 0.29) is 12.5 Å². The summed E-state index contributed by atoms with van der Waals surface area (Å²) in [6.45, 7) is -0.244. The molecular formula is C16H30N6O10P2. The number of amidine groups is 1. The first-order valence-corrected chi connectivity index (χ1v) is 13.6. The van der Waals surface area contributed by atoms with Crippen molar-refractivity contribution in [2.24, 2.45) is 26.4 Å². The maximum Gasteiger partial charge on any atom is 0.470 e. The SMILES string of the molecule is NCCCCCCC1(N)N=CN=C2C1=NCN2[C@@H]1O[C@H](COP(=O)(O)O)[C@@H](O)[C@H]1OP(=O)(O)O. The van der Waals surface area contributed by atoms with Crippen LogP contribution in [-0.4, -0.2) is 97.5 Å². The van der Waals surface area contributed by atoms with Crippen LogP contribution in [0.1, 0.15) is 32.1 Å². The molecule has 0 spiro atoms. The number of rotatable bonds is 12. The molecule has 3 heterocycles. The minimum absolute atomic E-state index is 0.0892. The van der Waals surface area contributed by atoms with E-state index in [1.165, 1.54) is 11.2 Å². The molecule has 0 radical (unpaired) electrons. The van der Waals surface area contributed by atoms with E-state index in [9.17, 15) is 24.0 Å². The number of ether oxygens (including phenoxy) is 1. The van der Waals surface area contributed by atoms with Crippen molar-refractivity contribution in [3.8, 4) is 0 Å². The highest BCUT2D eigenvalue weighted by Crippen LogP contribution is 2.44. The molecule has 3 rings (SSSR count). The third-order valence-electron chi connectivity index (χ3n) is 5.54. The molecule has 5 atom stereocenters. The van der Waals surface area contributed by atoms with Gasteiger partial charge in [0.15, 0.2) is 17.7 Å². The van der Waals surface area contributed by atoms with E-state index in [0.717, 1.165) is 25.7 Å². The van der Waals surface area contributed by atoms with Crippen molar-refractivity contribution in [2.75, 3.05) is 19.8 Å². The second-order valence-electron chi connectivity index (χ2n) is 8.09. The summed E-state index contributed by atoms with van der Waals surface area (Å²) < 4.78 is 37.3. The molecule has 0 amide bonds. The van der Waals surface area contributed by atoms with Crippen LogP contribution in [0, 0.1) is 0 Å². The molecule has 0 bridgehead atoms. The van der Waals surface area contributed by atoms with Crippen LogP contribution in [-0.2, 0) is 22.9 Å². The van der Waals surface area contributed by atoms with Crippen molar-refractivity contribution in [1.29, 1.82) is 0 Å². The van der Waals surface area contributed by atoms with Crippen LogP contribution in [0.15, 0.2) is 15.0 Å². The number of phosphoric ester groups is 2. The van der Waals surface area contributed by atoms with Gasteiger partial charge < -0.3 is 45.8 Å². The lowest BCUT2D eigenvalue weighted by Crippen LogP contribution is -2.55. The quantitative estimate of drug-likeness (QED) is 0.111. The standard InChI is InChI=1S/C16H30N6O10P2/c17-6-4-2-1-3-5-16(18)13-14(19-8-21-16)22(9-20-13)15-12(32-34(27,28)29)11(23)10(31-15)7-30-33(24,25)26/h8,10-12,15,23H,1-7,9,17-18H2,(H2,24,25,26)(H2,27,28,29)/t10-,11-,12-,15-,16?/m1/s1. The van der Waals surface area contributed by atoms with Gasteiger partial charge >= 0.3 is 15.6 Å². The molecule has 9 N–H and O–H groups in total. The van der Waals surface area contributed by atoms with Gasteiger partial charge in [-0.2, -0.15) is 0 Å². The predicted molar refractivity (Wildman–Crippen MR) is 119 cm³/mol. The van der Waals surface area contributed by atoms with E-state index in [4.69, 9.17) is 30.5 Å². The first-order valence-electron chi connectivity index (χ1n) is 10.5. The van der Waals surface area contributed by atoms with Crippen molar-refractivity contribution in [1.82, 2.24) is 4.90 Å². The monoisotopic (exact) mass is 528 g/mol. The van der Waals surface area contributed by atoms with Crippen LogP contribution in [0.25, 0.3) is 0 Å². The zero-order valence-electron chi connectivity index (χ0n) is 18.2. The van der Waals surface area contributed by atoms with Crippen molar-refractivity contribution < 1.29 is 47.6 Å². The average Bonchev–Trinajstić information content (AvgIpc) is 3.28. The van der Waals surface area contributed by atoms with Crippen LogP contribution in [0.3, 0.4) is 0 Å². The van der Waals surface area contributed by atoms with Crippen LogP contribution >= 0.6 is 15.6 Å². The molecule has 0 aliphatic carbocycles. The highest BCUT2D eigenvalue weighted by molar-refractivity contribution is 7.46. The van der Waals surface area contributed by atoms with E-state index >= 15 is 0 Å². The number of aliphatic hydroxyl groups is 1. The zero-order chi connectivity index (χ0) is 25.1. The van der Waals surface area contributed by atoms with E-state index in [0.29, 0.717) is 18.7 Å². The van der Waals surface area contributed by atoms with Gasteiger partial charge in [0.2, 0.25) is 0 Å². The van der Waals surface area contributed by atoms with E-state index in [2.05, 4.69) is 19.5 Å². The smallest absolute Gasteiger partial charge is 0.387 e. The largest absolute Gasteiger partial charge is 0.470 e. The van der Waals surface area contributed by atoms with Gasteiger partial charge in [-0.15, -0.1) is 0 Å². The third-order valence-corrected chi connectivity index (χ3v) is 6.54. The number of hydrogen-bond acceptors (Lipinski definition) is 12. The van der Waals surface area contributed by atoms with Gasteiger partial charge in [-0.1, -0.05) is 12.8 Å². The first-order chi connectivity index (χ1) is 15.8. The molecule has 0 aromatic rings. The molecule has 34 heavy (non-hydrogen) atoms. The average molecular weight is 528 g/mol. The maximum atomic E-state index is 11.5. The molecular weight excluding hydrogens is 498 g/mol. The molecule has 3 aliphatic heterocycles. The lowest BCUT2D eigenvalue weighted by molar-refractivity contribution is -0.0671. The Bertz CT molecular complexity index is 922. The molecule has 1 fully saturated rings. The summed E-state index contributed by atoms with van der Waals surface area (Å²) >= 11 is 0. The summed E-state index contributed by atoms with van der Waals surface area (Å²) in [5.41, 5.74) is 11.2. The Balaban J connectivity index is 1.76. The van der Waals surface area contributed by atoms with Gasteiger partial charge in [-0.25, -0.2) is 19.1 Å². The van der Waals surface area contributed by atoms with Crippen molar-refractivity contribution in [3.05, 3.63) is 0 Å². The fourth-order valence-electron chi connectivity index (χ4n) is 3.96. The Morgan fingerprint density at radius 3 is 2.53 bits per heavy atom. The first kappa shape index (κ1) is 27.5. The fraction of sp³-hybridized carbons (Fsp3) is 0.812.